The zero-order valence-corrected chi connectivity index (χ0v) is 17.6. The summed E-state index contributed by atoms with van der Waals surface area (Å²) in [4.78, 5) is 27.9. The lowest BCUT2D eigenvalue weighted by Gasteiger charge is -2.55. The summed E-state index contributed by atoms with van der Waals surface area (Å²) >= 11 is 0. The molecule has 2 amide bonds. The standard InChI is InChI=1S/C24H26N2O5/c1-29-18-8-5-16(6-9-18)23(28)25-24(11-3-2-4-12-24)26-19(14-22(26)27)17-7-10-20-21(13-17)31-15-30-20/h5-10,13,19H,2-4,11-12,14-15H2,1H3,(H,25,28)/t19-/m0/s1. The predicted molar refractivity (Wildman–Crippen MR) is 113 cm³/mol. The van der Waals surface area contributed by atoms with Crippen molar-refractivity contribution in [3.05, 3.63) is 53.6 Å². The minimum absolute atomic E-state index is 0.0691. The van der Waals surface area contributed by atoms with Crippen LogP contribution in [0.5, 0.6) is 17.2 Å². The van der Waals surface area contributed by atoms with Gasteiger partial charge in [0.1, 0.15) is 11.4 Å². The lowest BCUT2D eigenvalue weighted by molar-refractivity contribution is -0.162. The van der Waals surface area contributed by atoms with Gasteiger partial charge in [-0.1, -0.05) is 12.5 Å². The van der Waals surface area contributed by atoms with Crippen LogP contribution in [-0.2, 0) is 4.79 Å². The van der Waals surface area contributed by atoms with Crippen molar-refractivity contribution in [3.63, 3.8) is 0 Å². The third-order valence-corrected chi connectivity index (χ3v) is 6.57. The van der Waals surface area contributed by atoms with Gasteiger partial charge in [-0.3, -0.25) is 9.59 Å². The predicted octanol–water partition coefficient (Wildman–Crippen LogP) is 3.79. The number of carbonyl (C=O) groups is 2. The molecule has 0 unspecified atom stereocenters. The molecule has 0 radical (unpaired) electrons. The summed E-state index contributed by atoms with van der Waals surface area (Å²) in [6, 6.07) is 12.8. The Morgan fingerprint density at radius 2 is 1.81 bits per heavy atom. The van der Waals surface area contributed by atoms with E-state index in [-0.39, 0.29) is 24.6 Å². The topological polar surface area (TPSA) is 77.1 Å². The average Bonchev–Trinajstić information content (AvgIpc) is 3.25. The van der Waals surface area contributed by atoms with Crippen LogP contribution in [0.25, 0.3) is 0 Å². The van der Waals surface area contributed by atoms with E-state index in [4.69, 9.17) is 14.2 Å². The Bertz CT molecular complexity index is 998. The lowest BCUT2D eigenvalue weighted by Crippen LogP contribution is -2.68. The number of methoxy groups -OCH3 is 1. The Hall–Kier alpha value is -3.22. The highest BCUT2D eigenvalue weighted by atomic mass is 16.7. The second kappa shape index (κ2) is 7.80. The molecule has 7 nitrogen and oxygen atoms in total. The van der Waals surface area contributed by atoms with Crippen molar-refractivity contribution in [3.8, 4) is 17.2 Å². The second-order valence-electron chi connectivity index (χ2n) is 8.37. The number of benzene rings is 2. The Morgan fingerprint density at radius 3 is 2.52 bits per heavy atom. The third-order valence-electron chi connectivity index (χ3n) is 6.57. The Morgan fingerprint density at radius 1 is 1.06 bits per heavy atom. The molecule has 1 atom stereocenters. The van der Waals surface area contributed by atoms with E-state index in [1.165, 1.54) is 0 Å². The van der Waals surface area contributed by atoms with Gasteiger partial charge in [-0.15, -0.1) is 0 Å². The maximum absolute atomic E-state index is 13.1. The maximum Gasteiger partial charge on any atom is 0.253 e. The maximum atomic E-state index is 13.1. The van der Waals surface area contributed by atoms with Crippen molar-refractivity contribution in [1.82, 2.24) is 10.2 Å². The molecule has 2 aromatic carbocycles. The van der Waals surface area contributed by atoms with Crippen molar-refractivity contribution in [2.24, 2.45) is 0 Å². The molecule has 31 heavy (non-hydrogen) atoms. The minimum atomic E-state index is -0.675. The molecule has 2 heterocycles. The van der Waals surface area contributed by atoms with Gasteiger partial charge in [-0.2, -0.15) is 0 Å². The van der Waals surface area contributed by atoms with E-state index in [1.807, 2.05) is 23.1 Å². The molecule has 0 aromatic heterocycles. The van der Waals surface area contributed by atoms with E-state index >= 15 is 0 Å². The number of amides is 2. The Kier molecular flexibility index (Phi) is 4.96. The number of rotatable bonds is 5. The highest BCUT2D eigenvalue weighted by Crippen LogP contribution is 2.47. The van der Waals surface area contributed by atoms with E-state index in [2.05, 4.69) is 5.32 Å². The average molecular weight is 422 g/mol. The van der Waals surface area contributed by atoms with Crippen LogP contribution < -0.4 is 19.5 Å². The molecule has 7 heteroatoms. The fourth-order valence-corrected chi connectivity index (χ4v) is 4.93. The van der Waals surface area contributed by atoms with E-state index in [0.29, 0.717) is 23.5 Å². The first-order valence-electron chi connectivity index (χ1n) is 10.8. The number of carbonyl (C=O) groups excluding carboxylic acids is 2. The van der Waals surface area contributed by atoms with Crippen LogP contribution in [0.1, 0.15) is 60.5 Å². The molecule has 0 spiro atoms. The number of β-lactam (4-membered cyclic amide) rings is 1. The highest BCUT2D eigenvalue weighted by Gasteiger charge is 2.51. The number of hydrogen-bond donors (Lipinski definition) is 1. The normalized spacial score (nSPS) is 21.4. The summed E-state index contributed by atoms with van der Waals surface area (Å²) in [5.41, 5.74) is 0.886. The molecule has 1 saturated carbocycles. The fourth-order valence-electron chi connectivity index (χ4n) is 4.93. The summed E-state index contributed by atoms with van der Waals surface area (Å²) in [7, 11) is 1.60. The number of ether oxygens (including phenoxy) is 3. The summed E-state index contributed by atoms with van der Waals surface area (Å²) in [6.07, 6.45) is 4.99. The van der Waals surface area contributed by atoms with Crippen LogP contribution in [0.3, 0.4) is 0 Å². The molecule has 1 saturated heterocycles. The SMILES string of the molecule is COc1ccc(C(=O)NC2(N3C(=O)C[C@H]3c3ccc4c(c3)OCO4)CCCCC2)cc1. The Balaban J connectivity index is 1.42. The van der Waals surface area contributed by atoms with Crippen LogP contribution in [0, 0.1) is 0 Å². The van der Waals surface area contributed by atoms with Crippen LogP contribution in [0.15, 0.2) is 42.5 Å². The first-order valence-corrected chi connectivity index (χ1v) is 10.8. The zero-order chi connectivity index (χ0) is 21.4. The van der Waals surface area contributed by atoms with E-state index < -0.39 is 5.66 Å². The monoisotopic (exact) mass is 422 g/mol. The van der Waals surface area contributed by atoms with Crippen LogP contribution in [0.2, 0.25) is 0 Å². The lowest BCUT2D eigenvalue weighted by atomic mass is 9.81. The van der Waals surface area contributed by atoms with Crippen LogP contribution >= 0.6 is 0 Å². The van der Waals surface area contributed by atoms with Gasteiger partial charge in [0.05, 0.1) is 19.6 Å². The van der Waals surface area contributed by atoms with Gasteiger partial charge in [0.2, 0.25) is 12.7 Å². The van der Waals surface area contributed by atoms with E-state index in [9.17, 15) is 9.59 Å². The van der Waals surface area contributed by atoms with E-state index in [1.54, 1.807) is 31.4 Å². The van der Waals surface area contributed by atoms with E-state index in [0.717, 1.165) is 43.4 Å². The number of hydrogen-bond acceptors (Lipinski definition) is 5. The minimum Gasteiger partial charge on any atom is -0.497 e. The molecule has 1 N–H and O–H groups in total. The van der Waals surface area contributed by atoms with Crippen LogP contribution in [-0.4, -0.2) is 36.3 Å². The second-order valence-corrected chi connectivity index (χ2v) is 8.37. The summed E-state index contributed by atoms with van der Waals surface area (Å²) in [5.74, 6) is 2.02. The first kappa shape index (κ1) is 19.7. The van der Waals surface area contributed by atoms with Crippen molar-refractivity contribution in [2.45, 2.75) is 50.2 Å². The first-order chi connectivity index (χ1) is 15.1. The molecular weight excluding hydrogens is 396 g/mol. The van der Waals surface area contributed by atoms with Crippen molar-refractivity contribution < 1.29 is 23.8 Å². The number of nitrogens with zero attached hydrogens (tertiary/aromatic N) is 1. The third kappa shape index (κ3) is 3.48. The van der Waals surface area contributed by atoms with Gasteiger partial charge in [0.15, 0.2) is 11.5 Å². The summed E-state index contributed by atoms with van der Waals surface area (Å²) in [6.45, 7) is 0.216. The van der Waals surface area contributed by atoms with Gasteiger partial charge in [-0.05, 0) is 67.6 Å². The molecule has 162 valence electrons. The zero-order valence-electron chi connectivity index (χ0n) is 17.6. The molecular formula is C24H26N2O5. The van der Waals surface area contributed by atoms with Gasteiger partial charge < -0.3 is 24.4 Å². The summed E-state index contributed by atoms with van der Waals surface area (Å²) < 4.78 is 16.1. The number of fused-ring (bicyclic) bond motifs is 1. The Labute approximate surface area is 181 Å². The smallest absolute Gasteiger partial charge is 0.253 e. The van der Waals surface area contributed by atoms with Crippen LogP contribution in [0.4, 0.5) is 0 Å². The highest BCUT2D eigenvalue weighted by molar-refractivity contribution is 5.95. The molecule has 3 aliphatic rings. The van der Waals surface area contributed by atoms with Crippen molar-refractivity contribution in [1.29, 1.82) is 0 Å². The molecule has 2 fully saturated rings. The van der Waals surface area contributed by atoms with Crippen molar-refractivity contribution >= 4 is 11.8 Å². The number of nitrogens with one attached hydrogen (secondary N) is 1. The van der Waals surface area contributed by atoms with Gasteiger partial charge in [0, 0.05) is 5.56 Å². The molecule has 1 aliphatic carbocycles. The van der Waals surface area contributed by atoms with Crippen molar-refractivity contribution in [2.75, 3.05) is 13.9 Å². The largest absolute Gasteiger partial charge is 0.497 e. The van der Waals surface area contributed by atoms with Gasteiger partial charge >= 0.3 is 0 Å². The van der Waals surface area contributed by atoms with Gasteiger partial charge in [0.25, 0.3) is 5.91 Å². The molecule has 0 bridgehead atoms. The quantitative estimate of drug-likeness (QED) is 0.742. The molecule has 5 rings (SSSR count). The van der Waals surface area contributed by atoms with Gasteiger partial charge in [-0.25, -0.2) is 0 Å². The molecule has 2 aromatic rings. The fraction of sp³-hybridized carbons (Fsp3) is 0.417. The number of likely N-dealkylation sites (tertiary alicyclic amines) is 1. The molecule has 2 aliphatic heterocycles. The summed E-state index contributed by atoms with van der Waals surface area (Å²) in [5, 5.41) is 3.24.